The minimum Gasteiger partial charge on any atom is -0.369 e. The molecular weight excluding hydrogens is 226 g/mol. The highest BCUT2D eigenvalue weighted by atomic mass is 16.1. The van der Waals surface area contributed by atoms with Crippen LogP contribution >= 0.6 is 0 Å². The van der Waals surface area contributed by atoms with E-state index >= 15 is 0 Å². The number of anilines is 1. The average molecular weight is 243 g/mol. The van der Waals surface area contributed by atoms with Gasteiger partial charge in [0.05, 0.1) is 12.5 Å². The van der Waals surface area contributed by atoms with Gasteiger partial charge in [0.25, 0.3) is 0 Å². The summed E-state index contributed by atoms with van der Waals surface area (Å²) in [4.78, 5) is 13.6. The van der Waals surface area contributed by atoms with Crippen LogP contribution in [0.15, 0.2) is 24.3 Å². The number of nitrogens with zero attached hydrogens (tertiary/aromatic N) is 2. The molecule has 0 aromatic heterocycles. The summed E-state index contributed by atoms with van der Waals surface area (Å²) in [5.41, 5.74) is 1.80. The Morgan fingerprint density at radius 2 is 2.44 bits per heavy atom. The zero-order valence-corrected chi connectivity index (χ0v) is 10.5. The Hall–Kier alpha value is -1.86. The number of benzene rings is 1. The summed E-state index contributed by atoms with van der Waals surface area (Å²) in [6, 6.07) is 10.1. The van der Waals surface area contributed by atoms with Gasteiger partial charge in [0, 0.05) is 36.9 Å². The molecule has 4 heteroatoms. The zero-order valence-electron chi connectivity index (χ0n) is 10.5. The Labute approximate surface area is 107 Å². The third-order valence-electron chi connectivity index (χ3n) is 3.21. The Kier molecular flexibility index (Phi) is 3.96. The van der Waals surface area contributed by atoms with Gasteiger partial charge in [-0.15, -0.1) is 0 Å². The second-order valence-corrected chi connectivity index (χ2v) is 4.57. The highest BCUT2D eigenvalue weighted by Gasteiger charge is 2.19. The molecule has 1 aliphatic rings. The van der Waals surface area contributed by atoms with E-state index in [1.165, 1.54) is 0 Å². The van der Waals surface area contributed by atoms with E-state index in [1.807, 2.05) is 24.3 Å². The quantitative estimate of drug-likeness (QED) is 0.819. The molecule has 1 unspecified atom stereocenters. The normalized spacial score (nSPS) is 19.3. The minimum atomic E-state index is 0.0839. The van der Waals surface area contributed by atoms with Gasteiger partial charge in [0.2, 0.25) is 0 Å². The Morgan fingerprint density at radius 3 is 3.17 bits per heavy atom. The van der Waals surface area contributed by atoms with Gasteiger partial charge in [-0.3, -0.25) is 4.79 Å². The maximum Gasteiger partial charge on any atom is 0.159 e. The number of rotatable bonds is 3. The topological polar surface area (TPSA) is 56.1 Å². The Balaban J connectivity index is 2.13. The molecule has 1 fully saturated rings. The second-order valence-electron chi connectivity index (χ2n) is 4.57. The molecule has 0 aliphatic carbocycles. The van der Waals surface area contributed by atoms with E-state index in [9.17, 15) is 4.79 Å². The van der Waals surface area contributed by atoms with E-state index in [-0.39, 0.29) is 11.8 Å². The van der Waals surface area contributed by atoms with Crippen LogP contribution < -0.4 is 10.2 Å². The van der Waals surface area contributed by atoms with E-state index in [4.69, 9.17) is 5.26 Å². The number of hydrogen-bond acceptors (Lipinski definition) is 4. The first kappa shape index (κ1) is 12.6. The van der Waals surface area contributed by atoms with E-state index < -0.39 is 0 Å². The number of hydrogen-bond donors (Lipinski definition) is 1. The first-order valence-corrected chi connectivity index (χ1v) is 6.17. The molecule has 0 spiro atoms. The number of piperazine rings is 1. The van der Waals surface area contributed by atoms with Crippen LogP contribution in [0.4, 0.5) is 5.69 Å². The van der Waals surface area contributed by atoms with Crippen molar-refractivity contribution in [1.82, 2.24) is 5.32 Å². The number of carbonyl (C=O) groups is 1. The van der Waals surface area contributed by atoms with Crippen LogP contribution in [0, 0.1) is 11.3 Å². The number of carbonyl (C=O) groups excluding carboxylic acids is 1. The summed E-state index contributed by atoms with van der Waals surface area (Å²) < 4.78 is 0. The standard InChI is InChI=1S/C14H17N3O/c1-11(18)12-3-2-4-14(9-12)17-8-7-16-13(10-17)5-6-15/h2-4,9,13,16H,5,7-8,10H2,1H3. The first-order chi connectivity index (χ1) is 8.70. The first-order valence-electron chi connectivity index (χ1n) is 6.17. The zero-order chi connectivity index (χ0) is 13.0. The van der Waals surface area contributed by atoms with E-state index in [1.54, 1.807) is 6.92 Å². The fourth-order valence-electron chi connectivity index (χ4n) is 2.23. The molecule has 94 valence electrons. The molecule has 1 aromatic rings. The van der Waals surface area contributed by atoms with Gasteiger partial charge >= 0.3 is 0 Å². The van der Waals surface area contributed by atoms with Gasteiger partial charge in [-0.1, -0.05) is 12.1 Å². The maximum absolute atomic E-state index is 11.4. The number of ketones is 1. The van der Waals surface area contributed by atoms with Crippen molar-refractivity contribution in [1.29, 1.82) is 5.26 Å². The summed E-state index contributed by atoms with van der Waals surface area (Å²) in [7, 11) is 0. The molecule has 4 nitrogen and oxygen atoms in total. The van der Waals surface area contributed by atoms with Crippen LogP contribution in [0.2, 0.25) is 0 Å². The largest absolute Gasteiger partial charge is 0.369 e. The van der Waals surface area contributed by atoms with Gasteiger partial charge < -0.3 is 10.2 Å². The Bertz CT molecular complexity index is 478. The highest BCUT2D eigenvalue weighted by molar-refractivity contribution is 5.94. The van der Waals surface area contributed by atoms with E-state index in [0.717, 1.165) is 30.9 Å². The second kappa shape index (κ2) is 5.65. The summed E-state index contributed by atoms with van der Waals surface area (Å²) in [5, 5.41) is 12.1. The molecule has 1 aliphatic heterocycles. The lowest BCUT2D eigenvalue weighted by Gasteiger charge is -2.34. The molecule has 1 heterocycles. The van der Waals surface area contributed by atoms with Crippen molar-refractivity contribution < 1.29 is 4.79 Å². The lowest BCUT2D eigenvalue weighted by atomic mass is 10.1. The van der Waals surface area contributed by atoms with Crippen molar-refractivity contribution in [3.05, 3.63) is 29.8 Å². The third kappa shape index (κ3) is 2.88. The molecule has 0 amide bonds. The molecule has 2 rings (SSSR count). The summed E-state index contributed by atoms with van der Waals surface area (Å²) >= 11 is 0. The van der Waals surface area contributed by atoms with Crippen LogP contribution in [0.1, 0.15) is 23.7 Å². The van der Waals surface area contributed by atoms with Crippen molar-refractivity contribution in [3.63, 3.8) is 0 Å². The fraction of sp³-hybridized carbons (Fsp3) is 0.429. The van der Waals surface area contributed by atoms with Gasteiger partial charge in [-0.05, 0) is 19.1 Å². The lowest BCUT2D eigenvalue weighted by Crippen LogP contribution is -2.50. The SMILES string of the molecule is CC(=O)c1cccc(N2CCNC(CC#N)C2)c1. The van der Waals surface area contributed by atoms with Gasteiger partial charge in [0.1, 0.15) is 0 Å². The molecule has 0 bridgehead atoms. The average Bonchev–Trinajstić information content (AvgIpc) is 2.39. The number of Topliss-reactive ketones (excluding diaryl/α,β-unsaturated/α-hetero) is 1. The summed E-state index contributed by atoms with van der Waals surface area (Å²) in [5.74, 6) is 0.0839. The van der Waals surface area contributed by atoms with Crippen LogP contribution in [0.25, 0.3) is 0 Å². The van der Waals surface area contributed by atoms with Crippen molar-refractivity contribution in [2.75, 3.05) is 24.5 Å². The van der Waals surface area contributed by atoms with Crippen molar-refractivity contribution in [2.45, 2.75) is 19.4 Å². The molecule has 0 radical (unpaired) electrons. The summed E-state index contributed by atoms with van der Waals surface area (Å²) in [6.45, 7) is 4.17. The predicted octanol–water partition coefficient (Wildman–Crippen LogP) is 1.58. The van der Waals surface area contributed by atoms with Crippen molar-refractivity contribution >= 4 is 11.5 Å². The lowest BCUT2D eigenvalue weighted by molar-refractivity contribution is 0.101. The monoisotopic (exact) mass is 243 g/mol. The number of nitriles is 1. The smallest absolute Gasteiger partial charge is 0.159 e. The van der Waals surface area contributed by atoms with Crippen LogP contribution in [0.3, 0.4) is 0 Å². The third-order valence-corrected chi connectivity index (χ3v) is 3.21. The van der Waals surface area contributed by atoms with Gasteiger partial charge in [-0.2, -0.15) is 5.26 Å². The van der Waals surface area contributed by atoms with E-state index in [2.05, 4.69) is 16.3 Å². The van der Waals surface area contributed by atoms with Gasteiger partial charge in [-0.25, -0.2) is 0 Å². The molecule has 0 saturated carbocycles. The molecule has 1 aromatic carbocycles. The highest BCUT2D eigenvalue weighted by Crippen LogP contribution is 2.18. The molecule has 1 N–H and O–H groups in total. The molecule has 1 saturated heterocycles. The Morgan fingerprint density at radius 1 is 1.61 bits per heavy atom. The number of nitrogens with one attached hydrogen (secondary N) is 1. The van der Waals surface area contributed by atoms with Gasteiger partial charge in [0.15, 0.2) is 5.78 Å². The predicted molar refractivity (Wildman–Crippen MR) is 70.7 cm³/mol. The minimum absolute atomic E-state index is 0.0839. The molecular formula is C14H17N3O. The summed E-state index contributed by atoms with van der Waals surface area (Å²) in [6.07, 6.45) is 0.517. The van der Waals surface area contributed by atoms with Crippen molar-refractivity contribution in [3.8, 4) is 6.07 Å². The molecule has 18 heavy (non-hydrogen) atoms. The van der Waals surface area contributed by atoms with Crippen LogP contribution in [0.5, 0.6) is 0 Å². The fourth-order valence-corrected chi connectivity index (χ4v) is 2.23. The maximum atomic E-state index is 11.4. The van der Waals surface area contributed by atoms with Crippen LogP contribution in [-0.2, 0) is 0 Å². The van der Waals surface area contributed by atoms with E-state index in [0.29, 0.717) is 6.42 Å². The van der Waals surface area contributed by atoms with Crippen molar-refractivity contribution in [2.24, 2.45) is 0 Å². The van der Waals surface area contributed by atoms with Crippen LogP contribution in [-0.4, -0.2) is 31.5 Å². The molecule has 1 atom stereocenters.